The molecule has 1 saturated heterocycles. The Bertz CT molecular complexity index is 979. The number of fused-ring (bicyclic) bond motifs is 1. The first-order chi connectivity index (χ1) is 12.7. The van der Waals surface area contributed by atoms with Crippen molar-refractivity contribution in [1.29, 1.82) is 0 Å². The molecule has 3 N–H and O–H groups in total. The van der Waals surface area contributed by atoms with Gasteiger partial charge in [-0.3, -0.25) is 4.79 Å². The number of carbonyl (C=O) groups excluding carboxylic acids is 1. The normalized spacial score (nSPS) is 14.0. The lowest BCUT2D eigenvalue weighted by Gasteiger charge is -2.20. The van der Waals surface area contributed by atoms with Crippen molar-refractivity contribution in [2.75, 3.05) is 36.1 Å². The summed E-state index contributed by atoms with van der Waals surface area (Å²) in [5.41, 5.74) is 10.5. The number of carbonyl (C=O) groups is 1. The van der Waals surface area contributed by atoms with Crippen LogP contribution in [0.4, 0.5) is 17.5 Å². The third-order valence-corrected chi connectivity index (χ3v) is 4.89. The van der Waals surface area contributed by atoms with Gasteiger partial charge in [0.15, 0.2) is 6.29 Å². The number of benzene rings is 2. The topological polar surface area (TPSA) is 84.1 Å². The number of anilines is 3. The largest absolute Gasteiger partial charge is 0.372 e. The molecule has 2 heterocycles. The second-order valence-corrected chi connectivity index (χ2v) is 6.50. The van der Waals surface area contributed by atoms with Gasteiger partial charge in [0, 0.05) is 36.8 Å². The number of hydrogen-bond donors (Lipinski definition) is 2. The molecule has 1 fully saturated rings. The summed E-state index contributed by atoms with van der Waals surface area (Å²) in [6.07, 6.45) is 3.27. The van der Waals surface area contributed by atoms with Crippen molar-refractivity contribution in [1.82, 2.24) is 9.97 Å². The standard InChI is InChI=1S/C20H21N5O/c1-22-19-16-7-6-13(10-17(16)23-20(21)24-19)14-4-5-15(12-26)18(11-14)25-8-2-3-9-25/h4-7,10-12H,2-3,8-9H2,1H3,(H3,21,22,23,24). The molecule has 0 atom stereocenters. The fourth-order valence-corrected chi connectivity index (χ4v) is 3.57. The molecule has 26 heavy (non-hydrogen) atoms. The monoisotopic (exact) mass is 347 g/mol. The minimum absolute atomic E-state index is 0.244. The Kier molecular flexibility index (Phi) is 4.16. The van der Waals surface area contributed by atoms with Gasteiger partial charge in [0.1, 0.15) is 5.82 Å². The van der Waals surface area contributed by atoms with Crippen LogP contribution in [0.5, 0.6) is 0 Å². The van der Waals surface area contributed by atoms with Crippen LogP contribution in [0.2, 0.25) is 0 Å². The average Bonchev–Trinajstić information content (AvgIpc) is 3.20. The molecule has 0 radical (unpaired) electrons. The summed E-state index contributed by atoms with van der Waals surface area (Å²) in [7, 11) is 1.82. The summed E-state index contributed by atoms with van der Waals surface area (Å²) in [6, 6.07) is 12.0. The molecule has 0 unspecified atom stereocenters. The van der Waals surface area contributed by atoms with E-state index >= 15 is 0 Å². The Morgan fingerprint density at radius 3 is 2.54 bits per heavy atom. The van der Waals surface area contributed by atoms with Gasteiger partial charge in [-0.2, -0.15) is 4.98 Å². The Hall–Kier alpha value is -3.15. The number of hydrogen-bond acceptors (Lipinski definition) is 6. The second-order valence-electron chi connectivity index (χ2n) is 6.50. The van der Waals surface area contributed by atoms with Crippen LogP contribution in [0.15, 0.2) is 36.4 Å². The SMILES string of the molecule is CNc1nc(N)nc2cc(-c3ccc(C=O)c(N4CCCC4)c3)ccc12. The summed E-state index contributed by atoms with van der Waals surface area (Å²) >= 11 is 0. The maximum Gasteiger partial charge on any atom is 0.222 e. The Morgan fingerprint density at radius 1 is 1.08 bits per heavy atom. The predicted molar refractivity (Wildman–Crippen MR) is 106 cm³/mol. The summed E-state index contributed by atoms with van der Waals surface area (Å²) < 4.78 is 0. The maximum absolute atomic E-state index is 11.5. The lowest BCUT2D eigenvalue weighted by atomic mass is 10.0. The molecule has 6 heteroatoms. The zero-order chi connectivity index (χ0) is 18.1. The van der Waals surface area contributed by atoms with E-state index in [0.717, 1.165) is 52.7 Å². The van der Waals surface area contributed by atoms with Gasteiger partial charge in [0.05, 0.1) is 5.52 Å². The molecule has 0 amide bonds. The quantitative estimate of drug-likeness (QED) is 0.704. The molecule has 1 aromatic heterocycles. The molecule has 1 aliphatic heterocycles. The number of rotatable bonds is 4. The van der Waals surface area contributed by atoms with Gasteiger partial charge in [-0.05, 0) is 48.2 Å². The van der Waals surface area contributed by atoms with E-state index in [1.54, 1.807) is 0 Å². The van der Waals surface area contributed by atoms with Crippen molar-refractivity contribution in [3.05, 3.63) is 42.0 Å². The van der Waals surface area contributed by atoms with Gasteiger partial charge in [-0.1, -0.05) is 12.1 Å². The van der Waals surface area contributed by atoms with Crippen LogP contribution in [0.1, 0.15) is 23.2 Å². The zero-order valence-corrected chi connectivity index (χ0v) is 14.7. The molecule has 2 aromatic carbocycles. The first kappa shape index (κ1) is 16.3. The van der Waals surface area contributed by atoms with E-state index in [1.807, 2.05) is 37.4 Å². The second kappa shape index (κ2) is 6.63. The van der Waals surface area contributed by atoms with Gasteiger partial charge in [0.2, 0.25) is 5.95 Å². The summed E-state index contributed by atoms with van der Waals surface area (Å²) in [5.74, 6) is 0.959. The van der Waals surface area contributed by atoms with Crippen molar-refractivity contribution in [3.8, 4) is 11.1 Å². The van der Waals surface area contributed by atoms with Gasteiger partial charge < -0.3 is 16.0 Å². The smallest absolute Gasteiger partial charge is 0.222 e. The Morgan fingerprint density at radius 2 is 1.81 bits per heavy atom. The van der Waals surface area contributed by atoms with Crippen molar-refractivity contribution < 1.29 is 4.79 Å². The fourth-order valence-electron chi connectivity index (χ4n) is 3.57. The van der Waals surface area contributed by atoms with Gasteiger partial charge in [0.25, 0.3) is 0 Å². The molecule has 132 valence electrons. The van der Waals surface area contributed by atoms with Crippen LogP contribution in [0.25, 0.3) is 22.0 Å². The molecule has 0 saturated carbocycles. The molecule has 6 nitrogen and oxygen atoms in total. The minimum atomic E-state index is 0.244. The van der Waals surface area contributed by atoms with E-state index in [9.17, 15) is 4.79 Å². The molecular formula is C20H21N5O. The van der Waals surface area contributed by atoms with Crippen molar-refractivity contribution in [2.45, 2.75) is 12.8 Å². The number of aldehydes is 1. The highest BCUT2D eigenvalue weighted by Crippen LogP contribution is 2.32. The third-order valence-electron chi connectivity index (χ3n) is 4.89. The van der Waals surface area contributed by atoms with Crippen molar-refractivity contribution in [3.63, 3.8) is 0 Å². The van der Waals surface area contributed by atoms with E-state index in [-0.39, 0.29) is 5.95 Å². The van der Waals surface area contributed by atoms with Crippen LogP contribution >= 0.6 is 0 Å². The Labute approximate surface area is 152 Å². The van der Waals surface area contributed by atoms with E-state index < -0.39 is 0 Å². The maximum atomic E-state index is 11.5. The molecule has 0 aliphatic carbocycles. The first-order valence-corrected chi connectivity index (χ1v) is 8.79. The number of nitrogens with two attached hydrogens (primary N) is 1. The number of nitrogens with zero attached hydrogens (tertiary/aromatic N) is 3. The van der Waals surface area contributed by atoms with Crippen molar-refractivity contribution in [2.24, 2.45) is 0 Å². The number of nitrogens with one attached hydrogen (secondary N) is 1. The van der Waals surface area contributed by atoms with Gasteiger partial charge in [-0.15, -0.1) is 0 Å². The lowest BCUT2D eigenvalue weighted by molar-refractivity contribution is 0.112. The molecule has 0 bridgehead atoms. The van der Waals surface area contributed by atoms with Crippen LogP contribution in [0, 0.1) is 0 Å². The average molecular weight is 347 g/mol. The highest BCUT2D eigenvalue weighted by atomic mass is 16.1. The van der Waals surface area contributed by atoms with E-state index in [0.29, 0.717) is 5.82 Å². The molecule has 4 rings (SSSR count). The summed E-state index contributed by atoms with van der Waals surface area (Å²) in [5, 5.41) is 3.98. The highest BCUT2D eigenvalue weighted by molar-refractivity contribution is 5.94. The first-order valence-electron chi connectivity index (χ1n) is 8.79. The van der Waals surface area contributed by atoms with Gasteiger partial charge in [-0.25, -0.2) is 4.98 Å². The molecule has 3 aromatic rings. The predicted octanol–water partition coefficient (Wildman–Crippen LogP) is 3.33. The summed E-state index contributed by atoms with van der Waals surface area (Å²) in [4.78, 5) is 22.3. The van der Waals surface area contributed by atoms with E-state index in [2.05, 4.69) is 26.3 Å². The number of aromatic nitrogens is 2. The molecular weight excluding hydrogens is 326 g/mol. The van der Waals surface area contributed by atoms with Gasteiger partial charge >= 0.3 is 0 Å². The highest BCUT2D eigenvalue weighted by Gasteiger charge is 2.17. The Balaban J connectivity index is 1.82. The zero-order valence-electron chi connectivity index (χ0n) is 14.7. The number of nitrogen functional groups attached to an aromatic ring is 1. The van der Waals surface area contributed by atoms with E-state index in [4.69, 9.17) is 5.73 Å². The van der Waals surface area contributed by atoms with Crippen LogP contribution in [0.3, 0.4) is 0 Å². The van der Waals surface area contributed by atoms with E-state index in [1.165, 1.54) is 12.8 Å². The minimum Gasteiger partial charge on any atom is -0.372 e. The lowest BCUT2D eigenvalue weighted by Crippen LogP contribution is -2.19. The summed E-state index contributed by atoms with van der Waals surface area (Å²) in [6.45, 7) is 1.99. The third kappa shape index (κ3) is 2.83. The van der Waals surface area contributed by atoms with Crippen LogP contribution in [-0.4, -0.2) is 36.4 Å². The van der Waals surface area contributed by atoms with Crippen molar-refractivity contribution >= 4 is 34.6 Å². The molecule has 1 aliphatic rings. The molecule has 0 spiro atoms. The van der Waals surface area contributed by atoms with Crippen LogP contribution < -0.4 is 16.0 Å². The fraction of sp³-hybridized carbons (Fsp3) is 0.250. The van der Waals surface area contributed by atoms with Crippen LogP contribution in [-0.2, 0) is 0 Å².